The molecule has 3 aliphatic heterocycles. The van der Waals surface area contributed by atoms with Gasteiger partial charge in [0.1, 0.15) is 0 Å². The van der Waals surface area contributed by atoms with Gasteiger partial charge < -0.3 is 0 Å². The number of rotatable bonds is 12. The van der Waals surface area contributed by atoms with Crippen molar-refractivity contribution in [1.82, 2.24) is 29.4 Å². The van der Waals surface area contributed by atoms with Crippen LogP contribution >= 0.6 is 0 Å². The van der Waals surface area contributed by atoms with E-state index in [-0.39, 0.29) is 0 Å². The third-order valence-corrected chi connectivity index (χ3v) is 10.8. The number of piperazine rings is 3. The third kappa shape index (κ3) is 8.17. The van der Waals surface area contributed by atoms with E-state index in [1.165, 1.54) is 78.5 Å². The molecule has 1 aromatic rings. The smallest absolute Gasteiger partial charge is 0.0240 e. The van der Waals surface area contributed by atoms with Gasteiger partial charge in [-0.25, -0.2) is 0 Å². The molecule has 0 amide bonds. The maximum Gasteiger partial charge on any atom is 0.0240 e. The molecule has 0 aliphatic carbocycles. The Morgan fingerprint density at radius 2 is 0.571 bits per heavy atom. The molecule has 3 heterocycles. The van der Waals surface area contributed by atoms with Crippen molar-refractivity contribution in [3.63, 3.8) is 0 Å². The Bertz CT molecular complexity index is 819. The predicted octanol–water partition coefficient (Wildman–Crippen LogP) is 4.95. The number of nitrogens with zero attached hydrogens (tertiary/aromatic N) is 6. The fraction of sp³-hybridized carbons (Fsp3) is 0.833. The van der Waals surface area contributed by atoms with Crippen molar-refractivity contribution < 1.29 is 0 Å². The van der Waals surface area contributed by atoms with E-state index >= 15 is 0 Å². The molecular weight excluding hydrogens is 516 g/mol. The first kappa shape index (κ1) is 33.9. The monoisotopic (exact) mass is 583 g/mol. The Morgan fingerprint density at radius 3 is 0.738 bits per heavy atom. The minimum atomic E-state index is 0.652. The summed E-state index contributed by atoms with van der Waals surface area (Å²) < 4.78 is 0. The summed E-state index contributed by atoms with van der Waals surface area (Å²) >= 11 is 0. The average molecular weight is 583 g/mol. The maximum atomic E-state index is 2.77. The van der Waals surface area contributed by atoms with Gasteiger partial charge in [-0.1, -0.05) is 20.8 Å². The topological polar surface area (TPSA) is 19.4 Å². The molecule has 0 N–H and O–H groups in total. The SMILES string of the molecule is CCc1c(CN2CCN(C(C)C)CC2)c(CC)c(CN2CCN(C(C)C)CC2)c(CC)c1CN1CCN(C(C)C)CC1. The summed E-state index contributed by atoms with van der Waals surface area (Å²) in [5.41, 5.74) is 10.2. The molecule has 1 aromatic carbocycles. The van der Waals surface area contributed by atoms with Gasteiger partial charge in [-0.05, 0) is 94.2 Å². The second kappa shape index (κ2) is 15.8. The van der Waals surface area contributed by atoms with Crippen molar-refractivity contribution >= 4 is 0 Å². The van der Waals surface area contributed by atoms with Crippen LogP contribution in [0.2, 0.25) is 0 Å². The van der Waals surface area contributed by atoms with Crippen LogP contribution in [0.5, 0.6) is 0 Å². The number of benzene rings is 1. The van der Waals surface area contributed by atoms with E-state index in [9.17, 15) is 0 Å². The van der Waals surface area contributed by atoms with Gasteiger partial charge in [-0.15, -0.1) is 0 Å². The molecule has 6 nitrogen and oxygen atoms in total. The van der Waals surface area contributed by atoms with Crippen molar-refractivity contribution in [1.29, 1.82) is 0 Å². The average Bonchev–Trinajstić information content (AvgIpc) is 2.98. The van der Waals surface area contributed by atoms with Gasteiger partial charge in [0, 0.05) is 116 Å². The molecule has 0 saturated carbocycles. The Hall–Kier alpha value is -1.02. The molecule has 0 aromatic heterocycles. The lowest BCUT2D eigenvalue weighted by Crippen LogP contribution is -2.49. The minimum absolute atomic E-state index is 0.652. The molecule has 0 spiro atoms. The van der Waals surface area contributed by atoms with Crippen molar-refractivity contribution in [2.45, 2.75) is 119 Å². The lowest BCUT2D eigenvalue weighted by atomic mass is 9.82. The maximum absolute atomic E-state index is 2.77. The Morgan fingerprint density at radius 1 is 0.357 bits per heavy atom. The summed E-state index contributed by atoms with van der Waals surface area (Å²) in [6.45, 7) is 39.2. The van der Waals surface area contributed by atoms with E-state index in [1.54, 1.807) is 33.4 Å². The first-order chi connectivity index (χ1) is 20.2. The highest BCUT2D eigenvalue weighted by Gasteiger charge is 2.29. The van der Waals surface area contributed by atoms with Gasteiger partial charge in [0.05, 0.1) is 0 Å². The molecule has 3 fully saturated rings. The highest BCUT2D eigenvalue weighted by Crippen LogP contribution is 2.34. The van der Waals surface area contributed by atoms with E-state index < -0.39 is 0 Å². The summed E-state index contributed by atoms with van der Waals surface area (Å²) in [5.74, 6) is 0. The lowest BCUT2D eigenvalue weighted by Gasteiger charge is -2.40. The summed E-state index contributed by atoms with van der Waals surface area (Å²) in [4.78, 5) is 16.3. The van der Waals surface area contributed by atoms with Gasteiger partial charge >= 0.3 is 0 Å². The molecular formula is C36H66N6. The summed E-state index contributed by atoms with van der Waals surface area (Å²) in [6.07, 6.45) is 3.45. The van der Waals surface area contributed by atoms with Crippen LogP contribution in [0.3, 0.4) is 0 Å². The van der Waals surface area contributed by atoms with Crippen LogP contribution in [0.1, 0.15) is 95.7 Å². The largest absolute Gasteiger partial charge is 0.298 e. The predicted molar refractivity (Wildman–Crippen MR) is 181 cm³/mol. The van der Waals surface area contributed by atoms with Crippen LogP contribution in [-0.4, -0.2) is 126 Å². The summed E-state index contributed by atoms with van der Waals surface area (Å²) in [7, 11) is 0. The van der Waals surface area contributed by atoms with Crippen molar-refractivity contribution in [3.05, 3.63) is 33.4 Å². The second-order valence-electron chi connectivity index (χ2n) is 14.1. The minimum Gasteiger partial charge on any atom is -0.298 e. The molecule has 0 unspecified atom stereocenters. The van der Waals surface area contributed by atoms with E-state index in [1.807, 2.05) is 0 Å². The molecule has 6 heteroatoms. The van der Waals surface area contributed by atoms with Crippen LogP contribution in [0.4, 0.5) is 0 Å². The molecule has 0 atom stereocenters. The van der Waals surface area contributed by atoms with E-state index in [2.05, 4.69) is 91.7 Å². The van der Waals surface area contributed by atoms with E-state index in [0.29, 0.717) is 18.1 Å². The van der Waals surface area contributed by atoms with Crippen molar-refractivity contribution in [3.8, 4) is 0 Å². The summed E-state index contributed by atoms with van der Waals surface area (Å²) in [6, 6.07) is 1.96. The number of hydrogen-bond donors (Lipinski definition) is 0. The fourth-order valence-corrected chi connectivity index (χ4v) is 7.93. The van der Waals surface area contributed by atoms with Crippen LogP contribution < -0.4 is 0 Å². The van der Waals surface area contributed by atoms with Gasteiger partial charge in [0.2, 0.25) is 0 Å². The first-order valence-corrected chi connectivity index (χ1v) is 17.7. The fourth-order valence-electron chi connectivity index (χ4n) is 7.93. The van der Waals surface area contributed by atoms with Crippen LogP contribution in [-0.2, 0) is 38.9 Å². The molecule has 4 rings (SSSR count). The second-order valence-corrected chi connectivity index (χ2v) is 14.1. The Balaban J connectivity index is 1.68. The van der Waals surface area contributed by atoms with E-state index in [0.717, 1.165) is 38.9 Å². The Kier molecular flexibility index (Phi) is 12.8. The van der Waals surface area contributed by atoms with Crippen LogP contribution in [0.25, 0.3) is 0 Å². The molecule has 42 heavy (non-hydrogen) atoms. The zero-order valence-electron chi connectivity index (χ0n) is 29.1. The highest BCUT2D eigenvalue weighted by atomic mass is 15.3. The normalized spacial score (nSPS) is 21.4. The van der Waals surface area contributed by atoms with Crippen molar-refractivity contribution in [2.75, 3.05) is 78.5 Å². The molecule has 3 saturated heterocycles. The first-order valence-electron chi connectivity index (χ1n) is 17.7. The van der Waals surface area contributed by atoms with Gasteiger partial charge in [0.25, 0.3) is 0 Å². The molecule has 0 bridgehead atoms. The quantitative estimate of drug-likeness (QED) is 0.345. The van der Waals surface area contributed by atoms with Gasteiger partial charge in [-0.2, -0.15) is 0 Å². The molecule has 0 radical (unpaired) electrons. The van der Waals surface area contributed by atoms with E-state index in [4.69, 9.17) is 0 Å². The van der Waals surface area contributed by atoms with Crippen LogP contribution in [0.15, 0.2) is 0 Å². The summed E-state index contributed by atoms with van der Waals surface area (Å²) in [5, 5.41) is 0. The zero-order chi connectivity index (χ0) is 30.4. The third-order valence-electron chi connectivity index (χ3n) is 10.8. The van der Waals surface area contributed by atoms with Crippen molar-refractivity contribution in [2.24, 2.45) is 0 Å². The molecule has 240 valence electrons. The lowest BCUT2D eigenvalue weighted by molar-refractivity contribution is 0.100. The van der Waals surface area contributed by atoms with Gasteiger partial charge in [-0.3, -0.25) is 29.4 Å². The van der Waals surface area contributed by atoms with Gasteiger partial charge in [0.15, 0.2) is 0 Å². The number of hydrogen-bond acceptors (Lipinski definition) is 6. The molecule has 3 aliphatic rings. The van der Waals surface area contributed by atoms with Crippen LogP contribution in [0, 0.1) is 0 Å². The standard InChI is InChI=1S/C36H66N6/c1-10-31-34(25-37-13-19-40(20-14-37)28(4)5)32(11-2)36(27-39-17-23-42(24-18-39)30(8)9)33(12-3)35(31)26-38-15-21-41(22-16-38)29(6)7/h28-30H,10-27H2,1-9H3. The Labute approximate surface area is 260 Å². The highest BCUT2D eigenvalue weighted by molar-refractivity contribution is 5.53. The zero-order valence-corrected chi connectivity index (χ0v) is 29.1.